The zero-order valence-electron chi connectivity index (χ0n) is 15.0. The van der Waals surface area contributed by atoms with Gasteiger partial charge in [-0.1, -0.05) is 83.9 Å². The van der Waals surface area contributed by atoms with E-state index in [1.54, 1.807) is 48.5 Å². The molecule has 0 amide bonds. The highest BCUT2D eigenvalue weighted by molar-refractivity contribution is 6.48. The Morgan fingerprint density at radius 3 is 1.69 bits per heavy atom. The maximum Gasteiger partial charge on any atom is 0.351 e. The number of cyclic esters (lactones) is 1. The van der Waals surface area contributed by atoms with E-state index in [0.717, 1.165) is 11.1 Å². The molecule has 29 heavy (non-hydrogen) atoms. The van der Waals surface area contributed by atoms with Crippen LogP contribution in [-0.4, -0.2) is 24.0 Å². The van der Waals surface area contributed by atoms with Gasteiger partial charge < -0.3 is 14.2 Å². The van der Waals surface area contributed by atoms with Crippen LogP contribution >= 0.6 is 23.2 Å². The zero-order chi connectivity index (χ0) is 20.8. The Bertz CT molecular complexity index is 871. The number of carbonyl (C=O) groups is 3. The third-order valence-electron chi connectivity index (χ3n) is 4.13. The number of halogens is 2. The molecule has 0 saturated heterocycles. The Kier molecular flexibility index (Phi) is 6.90. The second kappa shape index (κ2) is 9.58. The Morgan fingerprint density at radius 2 is 1.31 bits per heavy atom. The standard InChI is InChI=1S/C21H16Cl2O6/c22-16-17(23)21(26)29-18(16)15(19(24)27-11-13-7-3-1-4-8-13)20(25)28-12-14-9-5-2-6-10-14/h1-10,15,18H,11-12H2. The lowest BCUT2D eigenvalue weighted by molar-refractivity contribution is -0.170. The second-order valence-electron chi connectivity index (χ2n) is 6.15. The van der Waals surface area contributed by atoms with Crippen LogP contribution in [0.15, 0.2) is 70.7 Å². The van der Waals surface area contributed by atoms with Gasteiger partial charge in [-0.3, -0.25) is 9.59 Å². The molecule has 0 saturated carbocycles. The van der Waals surface area contributed by atoms with Gasteiger partial charge in [0.1, 0.15) is 18.2 Å². The van der Waals surface area contributed by atoms with E-state index in [0.29, 0.717) is 0 Å². The third kappa shape index (κ3) is 5.16. The van der Waals surface area contributed by atoms with Gasteiger partial charge in [0.05, 0.1) is 5.03 Å². The van der Waals surface area contributed by atoms with Crippen LogP contribution in [0.5, 0.6) is 0 Å². The number of benzene rings is 2. The molecule has 0 N–H and O–H groups in total. The summed E-state index contributed by atoms with van der Waals surface area (Å²) in [6.45, 7) is -0.143. The molecule has 2 aromatic carbocycles. The minimum atomic E-state index is -1.60. The van der Waals surface area contributed by atoms with Crippen molar-refractivity contribution in [2.45, 2.75) is 19.3 Å². The van der Waals surface area contributed by atoms with Crippen LogP contribution in [-0.2, 0) is 41.8 Å². The quantitative estimate of drug-likeness (QED) is 0.375. The van der Waals surface area contributed by atoms with Crippen molar-refractivity contribution in [1.29, 1.82) is 0 Å². The van der Waals surface area contributed by atoms with Gasteiger partial charge in [0, 0.05) is 0 Å². The van der Waals surface area contributed by atoms with Crippen LogP contribution in [0.2, 0.25) is 0 Å². The first kappa shape index (κ1) is 20.9. The molecule has 0 fully saturated rings. The van der Waals surface area contributed by atoms with Crippen LogP contribution in [0.4, 0.5) is 0 Å². The van der Waals surface area contributed by atoms with Crippen LogP contribution < -0.4 is 0 Å². The van der Waals surface area contributed by atoms with E-state index in [-0.39, 0.29) is 23.3 Å². The molecule has 1 unspecified atom stereocenters. The minimum Gasteiger partial charge on any atom is -0.460 e. The largest absolute Gasteiger partial charge is 0.460 e. The van der Waals surface area contributed by atoms with Gasteiger partial charge in [0.2, 0.25) is 0 Å². The molecule has 0 spiro atoms. The average Bonchev–Trinajstić information content (AvgIpc) is 2.99. The Hall–Kier alpha value is -2.83. The molecule has 0 aliphatic carbocycles. The molecular weight excluding hydrogens is 419 g/mol. The summed E-state index contributed by atoms with van der Waals surface area (Å²) in [4.78, 5) is 37.1. The number of carbonyl (C=O) groups excluding carboxylic acids is 3. The lowest BCUT2D eigenvalue weighted by atomic mass is 10.0. The monoisotopic (exact) mass is 434 g/mol. The Balaban J connectivity index is 1.75. The van der Waals surface area contributed by atoms with Crippen LogP contribution in [0.3, 0.4) is 0 Å². The number of esters is 3. The molecule has 150 valence electrons. The molecular formula is C21H16Cl2O6. The maximum atomic E-state index is 12.7. The van der Waals surface area contributed by atoms with Gasteiger partial charge in [-0.05, 0) is 11.1 Å². The van der Waals surface area contributed by atoms with E-state index in [1.165, 1.54) is 0 Å². The van der Waals surface area contributed by atoms with Crippen molar-refractivity contribution in [1.82, 2.24) is 0 Å². The van der Waals surface area contributed by atoms with E-state index < -0.39 is 29.9 Å². The van der Waals surface area contributed by atoms with E-state index >= 15 is 0 Å². The van der Waals surface area contributed by atoms with Gasteiger partial charge in [0.15, 0.2) is 12.0 Å². The number of hydrogen-bond donors (Lipinski definition) is 0. The van der Waals surface area contributed by atoms with Gasteiger partial charge in [0.25, 0.3) is 0 Å². The number of ether oxygens (including phenoxy) is 3. The fourth-order valence-electron chi connectivity index (χ4n) is 2.64. The summed E-state index contributed by atoms with van der Waals surface area (Å²) < 4.78 is 15.5. The molecule has 6 nitrogen and oxygen atoms in total. The van der Waals surface area contributed by atoms with Crippen molar-refractivity contribution < 1.29 is 28.6 Å². The van der Waals surface area contributed by atoms with Crippen molar-refractivity contribution in [2.24, 2.45) is 5.92 Å². The van der Waals surface area contributed by atoms with E-state index in [1.807, 2.05) is 12.1 Å². The first-order valence-electron chi connectivity index (χ1n) is 8.64. The highest BCUT2D eigenvalue weighted by Crippen LogP contribution is 2.34. The topological polar surface area (TPSA) is 78.9 Å². The summed E-state index contributed by atoms with van der Waals surface area (Å²) in [6, 6.07) is 17.8. The summed E-state index contributed by atoms with van der Waals surface area (Å²) >= 11 is 11.8. The van der Waals surface area contributed by atoms with Gasteiger partial charge in [-0.15, -0.1) is 0 Å². The van der Waals surface area contributed by atoms with Gasteiger partial charge in [-0.25, -0.2) is 4.79 Å². The lowest BCUT2D eigenvalue weighted by Gasteiger charge is -2.20. The molecule has 1 heterocycles. The predicted octanol–water partition coefficient (Wildman–Crippen LogP) is 3.70. The fourth-order valence-corrected chi connectivity index (χ4v) is 3.04. The van der Waals surface area contributed by atoms with Gasteiger partial charge >= 0.3 is 17.9 Å². The average molecular weight is 435 g/mol. The maximum absolute atomic E-state index is 12.7. The number of rotatable bonds is 7. The van der Waals surface area contributed by atoms with Crippen LogP contribution in [0, 0.1) is 5.92 Å². The molecule has 0 bridgehead atoms. The van der Waals surface area contributed by atoms with Crippen LogP contribution in [0.25, 0.3) is 0 Å². The minimum absolute atomic E-state index is 0.0716. The summed E-state index contributed by atoms with van der Waals surface area (Å²) in [5.74, 6) is -4.39. The van der Waals surface area contributed by atoms with E-state index in [9.17, 15) is 14.4 Å². The summed E-state index contributed by atoms with van der Waals surface area (Å²) in [5.41, 5.74) is 1.45. The molecule has 0 radical (unpaired) electrons. The van der Waals surface area contributed by atoms with Crippen molar-refractivity contribution >= 4 is 41.1 Å². The highest BCUT2D eigenvalue weighted by Gasteiger charge is 2.47. The summed E-state index contributed by atoms with van der Waals surface area (Å²) in [5, 5.41) is -0.622. The highest BCUT2D eigenvalue weighted by atomic mass is 35.5. The molecule has 3 rings (SSSR count). The van der Waals surface area contributed by atoms with Gasteiger partial charge in [-0.2, -0.15) is 0 Å². The zero-order valence-corrected chi connectivity index (χ0v) is 16.6. The van der Waals surface area contributed by atoms with Crippen molar-refractivity contribution in [3.8, 4) is 0 Å². The third-order valence-corrected chi connectivity index (χ3v) is 4.99. The van der Waals surface area contributed by atoms with Crippen molar-refractivity contribution in [3.05, 3.63) is 81.9 Å². The molecule has 1 aliphatic heterocycles. The molecule has 1 aliphatic rings. The Labute approximate surface area is 177 Å². The summed E-state index contributed by atoms with van der Waals surface area (Å²) in [7, 11) is 0. The molecule has 1 atom stereocenters. The molecule has 0 aromatic heterocycles. The first-order valence-corrected chi connectivity index (χ1v) is 9.40. The predicted molar refractivity (Wildman–Crippen MR) is 105 cm³/mol. The smallest absolute Gasteiger partial charge is 0.351 e. The molecule has 2 aromatic rings. The van der Waals surface area contributed by atoms with E-state index in [2.05, 4.69) is 0 Å². The first-order chi connectivity index (χ1) is 14.0. The second-order valence-corrected chi connectivity index (χ2v) is 6.94. The Morgan fingerprint density at radius 1 is 0.862 bits per heavy atom. The lowest BCUT2D eigenvalue weighted by Crippen LogP contribution is -2.38. The van der Waals surface area contributed by atoms with E-state index in [4.69, 9.17) is 37.4 Å². The normalized spacial score (nSPS) is 16.0. The SMILES string of the molecule is O=C1OC(C(C(=O)OCc2ccccc2)C(=O)OCc2ccccc2)C(Cl)=C1Cl. The van der Waals surface area contributed by atoms with Crippen LogP contribution in [0.1, 0.15) is 11.1 Å². The fraction of sp³-hybridized carbons (Fsp3) is 0.190. The molecule has 8 heteroatoms. The number of hydrogen-bond acceptors (Lipinski definition) is 6. The van der Waals surface area contributed by atoms with Crippen molar-refractivity contribution in [3.63, 3.8) is 0 Å². The van der Waals surface area contributed by atoms with Crippen molar-refractivity contribution in [2.75, 3.05) is 0 Å². The summed E-state index contributed by atoms with van der Waals surface area (Å²) in [6.07, 6.45) is -1.40.